The fraction of sp³-hybridized carbons (Fsp3) is 0.500. The second kappa shape index (κ2) is 12.6. The Kier molecular flexibility index (Phi) is 9.25. The molecule has 1 saturated carbocycles. The molecule has 3 amide bonds. The van der Waals surface area contributed by atoms with Crippen molar-refractivity contribution in [2.75, 3.05) is 11.9 Å². The standard InChI is InChI=1S/C30H38ClN3O3/c1-3-20(2)28(35)33-27(21-11-5-4-6-12-21)30(37)34-18-10-17-26(34)29(36)32-25-16-8-7-15-24(25)22-13-9-14-23(31)19-22/h7-9,13-16,19-21,26-27H,3-6,10-12,17-18H2,1-2H3,(H,32,36)(H,33,35)/t20-,26+,27+/m1/s1. The minimum Gasteiger partial charge on any atom is -0.344 e. The summed E-state index contributed by atoms with van der Waals surface area (Å²) in [7, 11) is 0. The second-order valence-electron chi connectivity index (χ2n) is 10.4. The highest BCUT2D eigenvalue weighted by Gasteiger charge is 2.41. The molecule has 2 fully saturated rings. The molecule has 198 valence electrons. The summed E-state index contributed by atoms with van der Waals surface area (Å²) >= 11 is 6.21. The van der Waals surface area contributed by atoms with Crippen LogP contribution in [0.1, 0.15) is 65.2 Å². The molecule has 2 aromatic carbocycles. The van der Waals surface area contributed by atoms with Crippen molar-refractivity contribution in [3.05, 3.63) is 53.6 Å². The van der Waals surface area contributed by atoms with Crippen LogP contribution >= 0.6 is 11.6 Å². The van der Waals surface area contributed by atoms with E-state index >= 15 is 0 Å². The lowest BCUT2D eigenvalue weighted by molar-refractivity contribution is -0.142. The number of hydrogen-bond donors (Lipinski definition) is 2. The minimum absolute atomic E-state index is 0.0814. The Hall–Kier alpha value is -2.86. The van der Waals surface area contributed by atoms with Crippen molar-refractivity contribution >= 4 is 35.0 Å². The average Bonchev–Trinajstić information content (AvgIpc) is 3.42. The van der Waals surface area contributed by atoms with E-state index in [0.29, 0.717) is 23.7 Å². The maximum Gasteiger partial charge on any atom is 0.247 e. The predicted octanol–water partition coefficient (Wildman–Crippen LogP) is 6.05. The van der Waals surface area contributed by atoms with E-state index in [1.807, 2.05) is 62.4 Å². The Morgan fingerprint density at radius 1 is 1.00 bits per heavy atom. The quantitative estimate of drug-likeness (QED) is 0.442. The van der Waals surface area contributed by atoms with Gasteiger partial charge in [-0.25, -0.2) is 0 Å². The van der Waals surface area contributed by atoms with Crippen LogP contribution in [0.3, 0.4) is 0 Å². The number of hydrogen-bond acceptors (Lipinski definition) is 3. The highest BCUT2D eigenvalue weighted by molar-refractivity contribution is 6.30. The van der Waals surface area contributed by atoms with Crippen LogP contribution in [-0.4, -0.2) is 41.2 Å². The van der Waals surface area contributed by atoms with Gasteiger partial charge in [-0.3, -0.25) is 14.4 Å². The molecule has 1 aliphatic carbocycles. The number of likely N-dealkylation sites (tertiary alicyclic amines) is 1. The molecule has 2 aromatic rings. The fourth-order valence-electron chi connectivity index (χ4n) is 5.53. The first-order valence-electron chi connectivity index (χ1n) is 13.7. The molecule has 7 heteroatoms. The SMILES string of the molecule is CC[C@@H](C)C(=O)N[C@H](C(=O)N1CCC[C@H]1C(=O)Nc1ccccc1-c1cccc(Cl)c1)C1CCCCC1. The lowest BCUT2D eigenvalue weighted by Crippen LogP contribution is -2.56. The molecule has 1 aliphatic heterocycles. The molecule has 1 saturated heterocycles. The summed E-state index contributed by atoms with van der Waals surface area (Å²) in [5.41, 5.74) is 2.46. The lowest BCUT2D eigenvalue weighted by Gasteiger charge is -2.35. The van der Waals surface area contributed by atoms with Gasteiger partial charge in [0.2, 0.25) is 17.7 Å². The van der Waals surface area contributed by atoms with Gasteiger partial charge in [-0.05, 0) is 61.8 Å². The fourth-order valence-corrected chi connectivity index (χ4v) is 5.72. The van der Waals surface area contributed by atoms with Gasteiger partial charge < -0.3 is 15.5 Å². The molecule has 0 bridgehead atoms. The minimum atomic E-state index is -0.575. The van der Waals surface area contributed by atoms with Gasteiger partial charge in [0, 0.05) is 28.7 Å². The van der Waals surface area contributed by atoms with E-state index in [1.165, 1.54) is 0 Å². The first kappa shape index (κ1) is 27.2. The molecule has 1 heterocycles. The van der Waals surface area contributed by atoms with E-state index in [4.69, 9.17) is 11.6 Å². The number of benzene rings is 2. The molecule has 3 atom stereocenters. The van der Waals surface area contributed by atoms with Gasteiger partial charge in [0.1, 0.15) is 12.1 Å². The molecule has 0 unspecified atom stereocenters. The molecular weight excluding hydrogens is 486 g/mol. The Morgan fingerprint density at radius 3 is 2.49 bits per heavy atom. The molecule has 0 aromatic heterocycles. The number of amides is 3. The number of para-hydroxylation sites is 1. The third-order valence-electron chi connectivity index (χ3n) is 7.90. The van der Waals surface area contributed by atoms with Crippen molar-refractivity contribution in [1.82, 2.24) is 10.2 Å². The Morgan fingerprint density at radius 2 is 1.76 bits per heavy atom. The number of anilines is 1. The van der Waals surface area contributed by atoms with Gasteiger partial charge in [0.15, 0.2) is 0 Å². The summed E-state index contributed by atoms with van der Waals surface area (Å²) in [6.07, 6.45) is 7.24. The number of carbonyl (C=O) groups is 3. The summed E-state index contributed by atoms with van der Waals surface area (Å²) in [5, 5.41) is 6.79. The third kappa shape index (κ3) is 6.53. The third-order valence-corrected chi connectivity index (χ3v) is 8.14. The van der Waals surface area contributed by atoms with Crippen molar-refractivity contribution < 1.29 is 14.4 Å². The van der Waals surface area contributed by atoms with Crippen molar-refractivity contribution in [2.45, 2.75) is 77.3 Å². The number of rotatable bonds is 8. The van der Waals surface area contributed by atoms with Crippen LogP contribution < -0.4 is 10.6 Å². The zero-order valence-electron chi connectivity index (χ0n) is 21.8. The van der Waals surface area contributed by atoms with E-state index in [9.17, 15) is 14.4 Å². The number of nitrogens with zero attached hydrogens (tertiary/aromatic N) is 1. The van der Waals surface area contributed by atoms with E-state index in [0.717, 1.165) is 56.1 Å². The second-order valence-corrected chi connectivity index (χ2v) is 10.9. The van der Waals surface area contributed by atoms with Gasteiger partial charge in [-0.1, -0.05) is 75.0 Å². The van der Waals surface area contributed by atoms with Crippen LogP contribution in [0.25, 0.3) is 11.1 Å². The van der Waals surface area contributed by atoms with Crippen molar-refractivity contribution in [1.29, 1.82) is 0 Å². The Bertz CT molecular complexity index is 1110. The largest absolute Gasteiger partial charge is 0.344 e. The van der Waals surface area contributed by atoms with Gasteiger partial charge in [-0.2, -0.15) is 0 Å². The summed E-state index contributed by atoms with van der Waals surface area (Å²) in [5.74, 6) is -0.441. The number of carbonyl (C=O) groups excluding carboxylic acids is 3. The lowest BCUT2D eigenvalue weighted by atomic mass is 9.83. The van der Waals surface area contributed by atoms with E-state index in [-0.39, 0.29) is 29.6 Å². The van der Waals surface area contributed by atoms with Crippen molar-refractivity contribution in [3.8, 4) is 11.1 Å². The van der Waals surface area contributed by atoms with Gasteiger partial charge in [0.05, 0.1) is 0 Å². The van der Waals surface area contributed by atoms with Crippen LogP contribution in [0.15, 0.2) is 48.5 Å². The van der Waals surface area contributed by atoms with Crippen LogP contribution in [0.4, 0.5) is 5.69 Å². The monoisotopic (exact) mass is 523 g/mol. The molecule has 0 spiro atoms. The van der Waals surface area contributed by atoms with Gasteiger partial charge in [-0.15, -0.1) is 0 Å². The molecule has 2 aliphatic rings. The van der Waals surface area contributed by atoms with Gasteiger partial charge >= 0.3 is 0 Å². The first-order valence-corrected chi connectivity index (χ1v) is 14.0. The van der Waals surface area contributed by atoms with E-state index < -0.39 is 12.1 Å². The molecule has 6 nitrogen and oxygen atoms in total. The molecule has 4 rings (SSSR count). The van der Waals surface area contributed by atoms with Gasteiger partial charge in [0.25, 0.3) is 0 Å². The summed E-state index contributed by atoms with van der Waals surface area (Å²) in [4.78, 5) is 42.0. The average molecular weight is 524 g/mol. The zero-order chi connectivity index (χ0) is 26.4. The van der Waals surface area contributed by atoms with Crippen LogP contribution in [-0.2, 0) is 14.4 Å². The summed E-state index contributed by atoms with van der Waals surface area (Å²) in [6.45, 7) is 4.39. The zero-order valence-corrected chi connectivity index (χ0v) is 22.6. The van der Waals surface area contributed by atoms with Crippen LogP contribution in [0, 0.1) is 11.8 Å². The smallest absolute Gasteiger partial charge is 0.247 e. The van der Waals surface area contributed by atoms with Crippen molar-refractivity contribution in [2.24, 2.45) is 11.8 Å². The first-order chi connectivity index (χ1) is 17.9. The molecular formula is C30H38ClN3O3. The topological polar surface area (TPSA) is 78.5 Å². The van der Waals surface area contributed by atoms with E-state index in [1.54, 1.807) is 4.90 Å². The highest BCUT2D eigenvalue weighted by atomic mass is 35.5. The Balaban J connectivity index is 1.53. The summed E-state index contributed by atoms with van der Waals surface area (Å²) in [6, 6.07) is 14.0. The number of halogens is 1. The molecule has 2 N–H and O–H groups in total. The molecule has 0 radical (unpaired) electrons. The normalized spacial score (nSPS) is 19.8. The predicted molar refractivity (Wildman–Crippen MR) is 148 cm³/mol. The van der Waals surface area contributed by atoms with Crippen LogP contribution in [0.5, 0.6) is 0 Å². The maximum atomic E-state index is 13.9. The Labute approximate surface area is 225 Å². The van der Waals surface area contributed by atoms with Crippen molar-refractivity contribution in [3.63, 3.8) is 0 Å². The maximum absolute atomic E-state index is 13.9. The highest BCUT2D eigenvalue weighted by Crippen LogP contribution is 2.32. The molecule has 37 heavy (non-hydrogen) atoms. The number of nitrogens with one attached hydrogen (secondary N) is 2. The van der Waals surface area contributed by atoms with E-state index in [2.05, 4.69) is 10.6 Å². The summed E-state index contributed by atoms with van der Waals surface area (Å²) < 4.78 is 0. The van der Waals surface area contributed by atoms with Crippen LogP contribution in [0.2, 0.25) is 5.02 Å².